The van der Waals surface area contributed by atoms with E-state index < -0.39 is 11.1 Å². The van der Waals surface area contributed by atoms with Crippen LogP contribution in [-0.4, -0.2) is 21.0 Å². The van der Waals surface area contributed by atoms with Crippen molar-refractivity contribution < 1.29 is 4.74 Å². The number of fused-ring (bicyclic) bond motifs is 6. The van der Waals surface area contributed by atoms with Gasteiger partial charge in [-0.3, -0.25) is 4.98 Å². The summed E-state index contributed by atoms with van der Waals surface area (Å²) in [6.07, 6.45) is 2.78. The SMILES string of the molecule is Cc1cc(C)c(-c2cc(C3=N[C@]4(C)c5cc(C)c(C)cc5C[C@]4(C(C)(C)C)O3)cc(-n3c4ccc(C)cc4c4cc(C)c(-c5cc(C(C)(C)C)ccn5)cc43)c2)c(C)c1. The van der Waals surface area contributed by atoms with Gasteiger partial charge in [-0.2, -0.15) is 0 Å². The van der Waals surface area contributed by atoms with Gasteiger partial charge in [-0.15, -0.1) is 0 Å². The van der Waals surface area contributed by atoms with E-state index in [4.69, 9.17) is 14.7 Å². The van der Waals surface area contributed by atoms with Gasteiger partial charge in [0.15, 0.2) is 0 Å². The summed E-state index contributed by atoms with van der Waals surface area (Å²) in [5.74, 6) is 0.716. The maximum Gasteiger partial charge on any atom is 0.217 e. The van der Waals surface area contributed by atoms with Crippen LogP contribution < -0.4 is 0 Å². The second-order valence-electron chi connectivity index (χ2n) is 20.2. The number of hydrogen-bond acceptors (Lipinski definition) is 3. The minimum Gasteiger partial charge on any atom is -0.467 e. The minimum atomic E-state index is -0.550. The van der Waals surface area contributed by atoms with Crippen LogP contribution in [0.25, 0.3) is 49.9 Å². The number of ether oxygens (including phenoxy) is 1. The van der Waals surface area contributed by atoms with Gasteiger partial charge in [0.1, 0.15) is 11.1 Å². The highest BCUT2D eigenvalue weighted by molar-refractivity contribution is 6.11. The summed E-state index contributed by atoms with van der Waals surface area (Å²) in [7, 11) is 0. The van der Waals surface area contributed by atoms with E-state index in [1.54, 1.807) is 0 Å². The normalized spacial score (nSPS) is 19.0. The number of nitrogens with zero attached hydrogens (tertiary/aromatic N) is 3. The van der Waals surface area contributed by atoms with Crippen molar-refractivity contribution >= 4 is 27.7 Å². The van der Waals surface area contributed by atoms with E-state index in [1.165, 1.54) is 77.5 Å². The van der Waals surface area contributed by atoms with E-state index in [1.807, 2.05) is 6.20 Å². The number of pyridine rings is 1. The zero-order valence-corrected chi connectivity index (χ0v) is 37.6. The first kappa shape index (κ1) is 39.0. The molecule has 0 N–H and O–H groups in total. The number of hydrogen-bond donors (Lipinski definition) is 0. The molecule has 0 radical (unpaired) electrons. The van der Waals surface area contributed by atoms with Crippen LogP contribution in [0, 0.1) is 53.9 Å². The third-order valence-electron chi connectivity index (χ3n) is 13.8. The summed E-state index contributed by atoms with van der Waals surface area (Å²) < 4.78 is 9.95. The van der Waals surface area contributed by atoms with Crippen LogP contribution in [0.4, 0.5) is 0 Å². The fourth-order valence-electron chi connectivity index (χ4n) is 10.6. The third kappa shape index (κ3) is 5.92. The van der Waals surface area contributed by atoms with Gasteiger partial charge in [0, 0.05) is 45.6 Å². The Kier molecular flexibility index (Phi) is 8.60. The summed E-state index contributed by atoms with van der Waals surface area (Å²) in [6.45, 7) is 31.6. The maximum atomic E-state index is 7.49. The molecule has 4 nitrogen and oxygen atoms in total. The predicted octanol–water partition coefficient (Wildman–Crippen LogP) is 14.0. The smallest absolute Gasteiger partial charge is 0.217 e. The van der Waals surface area contributed by atoms with Gasteiger partial charge in [0.05, 0.1) is 16.7 Å². The van der Waals surface area contributed by atoms with E-state index in [0.717, 1.165) is 40.0 Å². The molecular weight excluding hydrogens is 719 g/mol. The fourth-order valence-corrected chi connectivity index (χ4v) is 10.6. The maximum absolute atomic E-state index is 7.49. The van der Waals surface area contributed by atoms with Gasteiger partial charge in [0.2, 0.25) is 5.90 Å². The fraction of sp³-hybridized carbons (Fsp3) is 0.345. The van der Waals surface area contributed by atoms with Crippen molar-refractivity contribution in [3.63, 3.8) is 0 Å². The molecule has 0 bridgehead atoms. The van der Waals surface area contributed by atoms with Crippen LogP contribution in [0.5, 0.6) is 0 Å². The van der Waals surface area contributed by atoms with E-state index in [0.29, 0.717) is 5.90 Å². The van der Waals surface area contributed by atoms with E-state index in [-0.39, 0.29) is 10.8 Å². The van der Waals surface area contributed by atoms with Gasteiger partial charge >= 0.3 is 0 Å². The van der Waals surface area contributed by atoms with Gasteiger partial charge in [0.25, 0.3) is 0 Å². The highest BCUT2D eigenvalue weighted by Gasteiger charge is 2.66. The minimum absolute atomic E-state index is 0.0111. The average molecular weight is 778 g/mol. The molecule has 2 aliphatic rings. The molecule has 2 atom stereocenters. The molecule has 0 spiro atoms. The predicted molar refractivity (Wildman–Crippen MR) is 249 cm³/mol. The summed E-state index contributed by atoms with van der Waals surface area (Å²) in [5, 5.41) is 2.48. The van der Waals surface area contributed by atoms with Gasteiger partial charge < -0.3 is 9.30 Å². The molecule has 9 rings (SSSR count). The monoisotopic (exact) mass is 777 g/mol. The van der Waals surface area contributed by atoms with Crippen molar-refractivity contribution in [1.82, 2.24) is 9.55 Å². The van der Waals surface area contributed by atoms with Crippen LogP contribution in [0.3, 0.4) is 0 Å². The standard InChI is InChI=1S/C55H59N3O/c1-31-15-16-48-44(21-31)45-23-35(5)43(47-28-41(17-18-56-47)52(8,9)10)29-49(45)58(48)42-26-38(50-36(6)19-32(2)20-37(50)7)25-39(27-42)51-57-54(14)46-24-34(4)33(3)22-40(46)30-55(54,59-51)53(11,12)13/h15-29H,30H2,1-14H3/t54-,55-/m1/s1. The van der Waals surface area contributed by atoms with E-state index in [2.05, 4.69) is 186 Å². The van der Waals surface area contributed by atoms with Gasteiger partial charge in [-0.25, -0.2) is 4.99 Å². The molecule has 7 aromatic rings. The first-order chi connectivity index (χ1) is 27.7. The molecule has 0 saturated heterocycles. The Bertz CT molecular complexity index is 2920. The zero-order valence-electron chi connectivity index (χ0n) is 37.6. The second-order valence-corrected chi connectivity index (χ2v) is 20.2. The van der Waals surface area contributed by atoms with Crippen LogP contribution in [-0.2, 0) is 22.1 Å². The Morgan fingerprint density at radius 3 is 2.00 bits per heavy atom. The highest BCUT2D eigenvalue weighted by Crippen LogP contribution is 2.60. The van der Waals surface area contributed by atoms with Crippen LogP contribution >= 0.6 is 0 Å². The molecule has 5 aromatic carbocycles. The highest BCUT2D eigenvalue weighted by atomic mass is 16.5. The van der Waals surface area contributed by atoms with Crippen molar-refractivity contribution in [2.45, 2.75) is 120 Å². The van der Waals surface area contributed by atoms with Crippen molar-refractivity contribution in [3.05, 3.63) is 152 Å². The van der Waals surface area contributed by atoms with Crippen LogP contribution in [0.2, 0.25) is 0 Å². The largest absolute Gasteiger partial charge is 0.467 e. The number of aliphatic imine (C=N–C) groups is 1. The van der Waals surface area contributed by atoms with Crippen LogP contribution in [0.15, 0.2) is 96.1 Å². The van der Waals surface area contributed by atoms with Gasteiger partial charge in [-0.1, -0.05) is 83.0 Å². The lowest BCUT2D eigenvalue weighted by atomic mass is 9.66. The molecule has 2 aromatic heterocycles. The number of aryl methyl sites for hydroxylation is 7. The lowest BCUT2D eigenvalue weighted by Gasteiger charge is -2.45. The Labute approximate surface area is 351 Å². The van der Waals surface area contributed by atoms with Crippen molar-refractivity contribution in [1.29, 1.82) is 0 Å². The molecular formula is C55H59N3O. The van der Waals surface area contributed by atoms with Crippen LogP contribution in [0.1, 0.15) is 110 Å². The molecule has 1 aliphatic carbocycles. The lowest BCUT2D eigenvalue weighted by Crippen LogP contribution is -2.54. The Balaban J connectivity index is 1.34. The molecule has 1 aliphatic heterocycles. The van der Waals surface area contributed by atoms with Gasteiger partial charge in [-0.05, 0) is 171 Å². The molecule has 0 saturated carbocycles. The Morgan fingerprint density at radius 2 is 1.31 bits per heavy atom. The zero-order chi connectivity index (χ0) is 42.1. The second kappa shape index (κ2) is 13.0. The molecule has 59 heavy (non-hydrogen) atoms. The molecule has 0 fully saturated rings. The summed E-state index contributed by atoms with van der Waals surface area (Å²) in [4.78, 5) is 10.7. The number of rotatable bonds is 4. The summed E-state index contributed by atoms with van der Waals surface area (Å²) >= 11 is 0. The average Bonchev–Trinajstić information content (AvgIpc) is 3.71. The molecule has 300 valence electrons. The molecule has 0 unspecified atom stereocenters. The lowest BCUT2D eigenvalue weighted by molar-refractivity contribution is -0.0673. The van der Waals surface area contributed by atoms with Crippen molar-refractivity contribution in [2.24, 2.45) is 10.4 Å². The first-order valence-corrected chi connectivity index (χ1v) is 21.3. The Hall–Kier alpha value is -5.48. The molecule has 0 amide bonds. The quantitative estimate of drug-likeness (QED) is 0.179. The summed E-state index contributed by atoms with van der Waals surface area (Å²) in [5.41, 5.74) is 20.4. The number of aromatic nitrogens is 2. The first-order valence-electron chi connectivity index (χ1n) is 21.3. The molecule has 4 heteroatoms. The number of benzene rings is 5. The third-order valence-corrected chi connectivity index (χ3v) is 13.8. The van der Waals surface area contributed by atoms with E-state index in [9.17, 15) is 0 Å². The van der Waals surface area contributed by atoms with Crippen molar-refractivity contribution in [3.8, 4) is 28.1 Å². The molecule has 3 heterocycles. The van der Waals surface area contributed by atoms with Crippen molar-refractivity contribution in [2.75, 3.05) is 0 Å². The summed E-state index contributed by atoms with van der Waals surface area (Å²) in [6, 6.07) is 32.4. The van der Waals surface area contributed by atoms with E-state index >= 15 is 0 Å². The Morgan fingerprint density at radius 1 is 0.627 bits per heavy atom. The topological polar surface area (TPSA) is 39.4 Å².